The Labute approximate surface area is 118 Å². The van der Waals surface area contributed by atoms with Crippen molar-refractivity contribution in [2.45, 2.75) is 0 Å². The molecule has 1 heterocycles. The Balaban J connectivity index is 2.30. The number of pyridine rings is 1. The van der Waals surface area contributed by atoms with Gasteiger partial charge in [0.25, 0.3) is 5.69 Å². The van der Waals surface area contributed by atoms with Crippen molar-refractivity contribution < 1.29 is 24.3 Å². The van der Waals surface area contributed by atoms with Crippen LogP contribution in [0.2, 0.25) is 0 Å². The summed E-state index contributed by atoms with van der Waals surface area (Å²) in [6.45, 7) is 0. The number of rotatable bonds is 5. The van der Waals surface area contributed by atoms with Gasteiger partial charge in [0, 0.05) is 12.1 Å². The predicted octanol–water partition coefficient (Wildman–Crippen LogP) is 2.49. The number of nitro groups is 1. The van der Waals surface area contributed by atoms with Crippen LogP contribution in [-0.4, -0.2) is 28.1 Å². The van der Waals surface area contributed by atoms with Gasteiger partial charge in [0.1, 0.15) is 23.3 Å². The highest BCUT2D eigenvalue weighted by atomic mass is 16.6. The number of nitrogens with zero attached hydrogens (tertiary/aromatic N) is 2. The van der Waals surface area contributed by atoms with Gasteiger partial charge in [0.2, 0.25) is 5.88 Å². The standard InChI is InChI=1S/C13H10N2O6/c1-20-9-3-4-11(10(6-9)13(16)17)21-12-5-2-8(7-14-12)15(18)19/h2-7H,1H3,(H,16,17). The molecule has 2 rings (SSSR count). The third-order valence-corrected chi connectivity index (χ3v) is 2.56. The van der Waals surface area contributed by atoms with Crippen molar-refractivity contribution in [1.29, 1.82) is 0 Å². The number of carboxylic acids is 1. The van der Waals surface area contributed by atoms with E-state index in [1.807, 2.05) is 0 Å². The Bertz CT molecular complexity index is 684. The molecule has 1 N–H and O–H groups in total. The minimum atomic E-state index is -1.19. The van der Waals surface area contributed by atoms with Gasteiger partial charge in [-0.25, -0.2) is 9.78 Å². The summed E-state index contributed by atoms with van der Waals surface area (Å²) < 4.78 is 10.3. The van der Waals surface area contributed by atoms with E-state index >= 15 is 0 Å². The quantitative estimate of drug-likeness (QED) is 0.664. The van der Waals surface area contributed by atoms with Crippen molar-refractivity contribution in [3.63, 3.8) is 0 Å². The number of carbonyl (C=O) groups is 1. The van der Waals surface area contributed by atoms with Crippen LogP contribution in [-0.2, 0) is 0 Å². The Kier molecular flexibility index (Phi) is 3.98. The summed E-state index contributed by atoms with van der Waals surface area (Å²) in [7, 11) is 1.42. The van der Waals surface area contributed by atoms with Crippen molar-refractivity contribution in [3.05, 3.63) is 52.2 Å². The fraction of sp³-hybridized carbons (Fsp3) is 0.0769. The first-order valence-electron chi connectivity index (χ1n) is 5.71. The first-order chi connectivity index (χ1) is 10.0. The molecule has 8 heteroatoms. The average Bonchev–Trinajstić information content (AvgIpc) is 2.48. The van der Waals surface area contributed by atoms with Gasteiger partial charge < -0.3 is 14.6 Å². The summed E-state index contributed by atoms with van der Waals surface area (Å²) in [6.07, 6.45) is 1.03. The van der Waals surface area contributed by atoms with Crippen molar-refractivity contribution in [3.8, 4) is 17.4 Å². The SMILES string of the molecule is COc1ccc(Oc2ccc([N+](=O)[O-])cn2)c(C(=O)O)c1. The van der Waals surface area contributed by atoms with Crippen LogP contribution in [0, 0.1) is 10.1 Å². The lowest BCUT2D eigenvalue weighted by Gasteiger charge is -2.09. The molecule has 0 aliphatic heterocycles. The van der Waals surface area contributed by atoms with Crippen LogP contribution in [0.3, 0.4) is 0 Å². The molecule has 0 aliphatic rings. The Morgan fingerprint density at radius 2 is 2.10 bits per heavy atom. The number of hydrogen-bond acceptors (Lipinski definition) is 6. The van der Waals surface area contributed by atoms with Crippen molar-refractivity contribution in [2.75, 3.05) is 7.11 Å². The maximum absolute atomic E-state index is 11.2. The highest BCUT2D eigenvalue weighted by Crippen LogP contribution is 2.28. The summed E-state index contributed by atoms with van der Waals surface area (Å²) in [5.74, 6) is -0.708. The van der Waals surface area contributed by atoms with Gasteiger partial charge in [0.15, 0.2) is 0 Å². The normalized spacial score (nSPS) is 9.95. The van der Waals surface area contributed by atoms with Gasteiger partial charge in [-0.2, -0.15) is 0 Å². The van der Waals surface area contributed by atoms with E-state index in [-0.39, 0.29) is 22.9 Å². The lowest BCUT2D eigenvalue weighted by molar-refractivity contribution is -0.385. The Morgan fingerprint density at radius 3 is 2.62 bits per heavy atom. The molecule has 21 heavy (non-hydrogen) atoms. The lowest BCUT2D eigenvalue weighted by atomic mass is 10.2. The largest absolute Gasteiger partial charge is 0.497 e. The molecule has 0 unspecified atom stereocenters. The van der Waals surface area contributed by atoms with Gasteiger partial charge in [-0.15, -0.1) is 0 Å². The first kappa shape index (κ1) is 14.3. The molecule has 0 saturated heterocycles. The molecule has 0 radical (unpaired) electrons. The number of carboxylic acid groups (broad SMARTS) is 1. The van der Waals surface area contributed by atoms with Crippen molar-refractivity contribution in [1.82, 2.24) is 4.98 Å². The molecule has 0 amide bonds. The smallest absolute Gasteiger partial charge is 0.339 e. The number of ether oxygens (including phenoxy) is 2. The van der Waals surface area contributed by atoms with Crippen LogP contribution in [0.25, 0.3) is 0 Å². The molecule has 0 saturated carbocycles. The zero-order valence-electron chi connectivity index (χ0n) is 10.8. The minimum absolute atomic E-state index is 0.0493. The number of hydrogen-bond donors (Lipinski definition) is 1. The molecule has 0 bridgehead atoms. The molecular formula is C13H10N2O6. The summed E-state index contributed by atoms with van der Waals surface area (Å²) in [6, 6.07) is 6.77. The van der Waals surface area contributed by atoms with Crippen LogP contribution in [0.1, 0.15) is 10.4 Å². The second-order valence-electron chi connectivity index (χ2n) is 3.88. The molecule has 0 aliphatic carbocycles. The van der Waals surface area contributed by atoms with Crippen molar-refractivity contribution in [2.24, 2.45) is 0 Å². The van der Waals surface area contributed by atoms with E-state index in [1.165, 1.54) is 37.4 Å². The minimum Gasteiger partial charge on any atom is -0.497 e. The Morgan fingerprint density at radius 1 is 1.33 bits per heavy atom. The average molecular weight is 290 g/mol. The molecular weight excluding hydrogens is 280 g/mol. The molecule has 1 aromatic carbocycles. The zero-order chi connectivity index (χ0) is 15.4. The van der Waals surface area contributed by atoms with Gasteiger partial charge in [-0.1, -0.05) is 0 Å². The van der Waals surface area contributed by atoms with Crippen LogP contribution >= 0.6 is 0 Å². The molecule has 1 aromatic heterocycles. The fourth-order valence-electron chi connectivity index (χ4n) is 1.55. The van der Waals surface area contributed by atoms with Gasteiger partial charge in [-0.05, 0) is 18.2 Å². The molecule has 0 spiro atoms. The molecule has 0 fully saturated rings. The maximum Gasteiger partial charge on any atom is 0.339 e. The second-order valence-corrected chi connectivity index (χ2v) is 3.88. The number of methoxy groups -OCH3 is 1. The Hall–Kier alpha value is -3.16. The van der Waals surface area contributed by atoms with E-state index in [9.17, 15) is 14.9 Å². The third kappa shape index (κ3) is 3.24. The third-order valence-electron chi connectivity index (χ3n) is 2.56. The number of aromatic nitrogens is 1. The second kappa shape index (κ2) is 5.87. The lowest BCUT2D eigenvalue weighted by Crippen LogP contribution is -2.01. The topological polar surface area (TPSA) is 112 Å². The maximum atomic E-state index is 11.2. The van der Waals surface area contributed by atoms with Gasteiger partial charge in [-0.3, -0.25) is 10.1 Å². The molecule has 8 nitrogen and oxygen atoms in total. The zero-order valence-corrected chi connectivity index (χ0v) is 10.8. The fourth-order valence-corrected chi connectivity index (χ4v) is 1.55. The summed E-state index contributed by atoms with van der Waals surface area (Å²) in [5.41, 5.74) is -0.287. The van der Waals surface area contributed by atoms with Crippen molar-refractivity contribution >= 4 is 11.7 Å². The molecule has 0 atom stereocenters. The molecule has 2 aromatic rings. The van der Waals surface area contributed by atoms with E-state index < -0.39 is 10.9 Å². The van der Waals surface area contributed by atoms with Crippen LogP contribution < -0.4 is 9.47 Å². The number of aromatic carboxylic acids is 1. The van der Waals surface area contributed by atoms with Crippen LogP contribution in [0.4, 0.5) is 5.69 Å². The van der Waals surface area contributed by atoms with Gasteiger partial charge in [0.05, 0.1) is 12.0 Å². The van der Waals surface area contributed by atoms with E-state index in [0.717, 1.165) is 6.20 Å². The summed E-state index contributed by atoms with van der Waals surface area (Å²) in [5, 5.41) is 19.7. The van der Waals surface area contributed by atoms with E-state index in [0.29, 0.717) is 5.75 Å². The van der Waals surface area contributed by atoms with Gasteiger partial charge >= 0.3 is 5.97 Å². The summed E-state index contributed by atoms with van der Waals surface area (Å²) >= 11 is 0. The first-order valence-corrected chi connectivity index (χ1v) is 5.71. The van der Waals surface area contributed by atoms with E-state index in [1.54, 1.807) is 0 Å². The molecule has 108 valence electrons. The van der Waals surface area contributed by atoms with Crippen LogP contribution in [0.15, 0.2) is 36.5 Å². The predicted molar refractivity (Wildman–Crippen MR) is 70.9 cm³/mol. The van der Waals surface area contributed by atoms with E-state index in [4.69, 9.17) is 14.6 Å². The van der Waals surface area contributed by atoms with Crippen LogP contribution in [0.5, 0.6) is 17.4 Å². The summed E-state index contributed by atoms with van der Waals surface area (Å²) in [4.78, 5) is 24.9. The highest BCUT2D eigenvalue weighted by molar-refractivity contribution is 5.91. The van der Waals surface area contributed by atoms with E-state index in [2.05, 4.69) is 4.98 Å². The monoisotopic (exact) mass is 290 g/mol. The highest BCUT2D eigenvalue weighted by Gasteiger charge is 2.14. The number of benzene rings is 1.